The van der Waals surface area contributed by atoms with Crippen LogP contribution in [0.2, 0.25) is 0 Å². The van der Waals surface area contributed by atoms with Crippen molar-refractivity contribution in [3.05, 3.63) is 17.3 Å². The van der Waals surface area contributed by atoms with Gasteiger partial charge in [0.2, 0.25) is 5.76 Å². The highest BCUT2D eigenvalue weighted by Crippen LogP contribution is 2.28. The largest absolute Gasteiger partial charge is 0.475 e. The van der Waals surface area contributed by atoms with Crippen LogP contribution in [0.15, 0.2) is 4.42 Å². The third kappa shape index (κ3) is 1.95. The molecule has 1 fully saturated rings. The zero-order chi connectivity index (χ0) is 11.7. The maximum absolute atomic E-state index is 11.1. The Balaban J connectivity index is 2.37. The summed E-state index contributed by atoms with van der Waals surface area (Å²) in [6.07, 6.45) is 0.921. The second-order valence-corrected chi connectivity index (χ2v) is 4.42. The summed E-state index contributed by atoms with van der Waals surface area (Å²) < 4.78 is 5.31. The van der Waals surface area contributed by atoms with Crippen LogP contribution >= 0.6 is 0 Å². The third-order valence-electron chi connectivity index (χ3n) is 2.81. The number of hydrogen-bond acceptors (Lipinski definition) is 4. The molecule has 5 heteroatoms. The lowest BCUT2D eigenvalue weighted by atomic mass is 10.0. The molecule has 1 aliphatic rings. The van der Waals surface area contributed by atoms with Crippen LogP contribution in [0.3, 0.4) is 0 Å². The van der Waals surface area contributed by atoms with Gasteiger partial charge in [-0.1, -0.05) is 13.8 Å². The van der Waals surface area contributed by atoms with Crippen molar-refractivity contribution in [2.45, 2.75) is 32.1 Å². The molecule has 0 saturated carbocycles. The van der Waals surface area contributed by atoms with Gasteiger partial charge < -0.3 is 14.8 Å². The molecule has 0 aliphatic carbocycles. The number of carboxylic acid groups (broad SMARTS) is 1. The Bertz CT molecular complexity index is 392. The molecule has 0 spiro atoms. The van der Waals surface area contributed by atoms with Crippen molar-refractivity contribution in [1.82, 2.24) is 10.3 Å². The standard InChI is InChI=1S/C11H16N2O3/c1-6(2)10-13-8(7-3-4-12-5-7)9(16-10)11(14)15/h6-7,12H,3-5H2,1-2H3,(H,14,15). The zero-order valence-electron chi connectivity index (χ0n) is 9.49. The molecule has 1 atom stereocenters. The summed E-state index contributed by atoms with van der Waals surface area (Å²) in [5.41, 5.74) is 0.598. The van der Waals surface area contributed by atoms with E-state index in [1.54, 1.807) is 0 Å². The smallest absolute Gasteiger partial charge is 0.373 e. The van der Waals surface area contributed by atoms with Gasteiger partial charge in [0.25, 0.3) is 0 Å². The van der Waals surface area contributed by atoms with Crippen molar-refractivity contribution in [1.29, 1.82) is 0 Å². The van der Waals surface area contributed by atoms with Gasteiger partial charge in [0.1, 0.15) is 0 Å². The second kappa shape index (κ2) is 4.25. The molecule has 1 aromatic heterocycles. The van der Waals surface area contributed by atoms with Gasteiger partial charge in [-0.25, -0.2) is 9.78 Å². The molecule has 2 heterocycles. The summed E-state index contributed by atoms with van der Waals surface area (Å²) >= 11 is 0. The van der Waals surface area contributed by atoms with E-state index in [-0.39, 0.29) is 17.6 Å². The lowest BCUT2D eigenvalue weighted by Crippen LogP contribution is -2.10. The molecule has 16 heavy (non-hydrogen) atoms. The highest BCUT2D eigenvalue weighted by atomic mass is 16.4. The molecule has 0 bridgehead atoms. The predicted molar refractivity (Wildman–Crippen MR) is 57.8 cm³/mol. The fourth-order valence-corrected chi connectivity index (χ4v) is 1.91. The van der Waals surface area contributed by atoms with E-state index in [0.717, 1.165) is 19.5 Å². The van der Waals surface area contributed by atoms with Gasteiger partial charge in [0, 0.05) is 18.4 Å². The lowest BCUT2D eigenvalue weighted by molar-refractivity contribution is 0.0657. The van der Waals surface area contributed by atoms with Crippen LogP contribution in [0.4, 0.5) is 0 Å². The van der Waals surface area contributed by atoms with E-state index >= 15 is 0 Å². The van der Waals surface area contributed by atoms with Crippen molar-refractivity contribution in [3.8, 4) is 0 Å². The first kappa shape index (κ1) is 11.1. The SMILES string of the molecule is CC(C)c1nc(C2CCNC2)c(C(=O)O)o1. The Morgan fingerprint density at radius 1 is 1.62 bits per heavy atom. The Morgan fingerprint density at radius 2 is 2.38 bits per heavy atom. The fourth-order valence-electron chi connectivity index (χ4n) is 1.91. The van der Waals surface area contributed by atoms with Crippen LogP contribution in [0.25, 0.3) is 0 Å². The number of aromatic nitrogens is 1. The number of nitrogens with zero attached hydrogens (tertiary/aromatic N) is 1. The Morgan fingerprint density at radius 3 is 2.88 bits per heavy atom. The maximum Gasteiger partial charge on any atom is 0.373 e. The molecule has 2 rings (SSSR count). The van der Waals surface area contributed by atoms with E-state index in [0.29, 0.717) is 11.6 Å². The molecule has 0 amide bonds. The number of oxazole rings is 1. The first-order chi connectivity index (χ1) is 7.59. The van der Waals surface area contributed by atoms with Crippen molar-refractivity contribution < 1.29 is 14.3 Å². The summed E-state index contributed by atoms with van der Waals surface area (Å²) in [6, 6.07) is 0. The van der Waals surface area contributed by atoms with Crippen LogP contribution in [-0.4, -0.2) is 29.1 Å². The number of aromatic carboxylic acids is 1. The summed E-state index contributed by atoms with van der Waals surface area (Å²) in [6.45, 7) is 5.57. The number of hydrogen-bond donors (Lipinski definition) is 2. The number of rotatable bonds is 3. The molecule has 0 radical (unpaired) electrons. The Hall–Kier alpha value is -1.36. The van der Waals surface area contributed by atoms with Crippen LogP contribution < -0.4 is 5.32 Å². The van der Waals surface area contributed by atoms with E-state index in [9.17, 15) is 4.79 Å². The van der Waals surface area contributed by atoms with Gasteiger partial charge in [-0.05, 0) is 13.0 Å². The van der Waals surface area contributed by atoms with Gasteiger partial charge >= 0.3 is 5.97 Å². The Kier molecular flexibility index (Phi) is 2.96. The quantitative estimate of drug-likeness (QED) is 0.815. The molecule has 1 unspecified atom stereocenters. The monoisotopic (exact) mass is 224 g/mol. The lowest BCUT2D eigenvalue weighted by Gasteiger charge is -2.03. The maximum atomic E-state index is 11.1. The Labute approximate surface area is 93.9 Å². The highest BCUT2D eigenvalue weighted by molar-refractivity contribution is 5.85. The molecule has 1 saturated heterocycles. The van der Waals surface area contributed by atoms with Crippen LogP contribution in [-0.2, 0) is 0 Å². The van der Waals surface area contributed by atoms with Crippen molar-refractivity contribution in [2.75, 3.05) is 13.1 Å². The zero-order valence-corrected chi connectivity index (χ0v) is 9.49. The third-order valence-corrected chi connectivity index (χ3v) is 2.81. The number of nitrogens with one attached hydrogen (secondary N) is 1. The highest BCUT2D eigenvalue weighted by Gasteiger charge is 2.28. The van der Waals surface area contributed by atoms with Crippen LogP contribution in [0.1, 0.15) is 54.2 Å². The molecule has 0 aromatic carbocycles. The average molecular weight is 224 g/mol. The van der Waals surface area contributed by atoms with E-state index in [4.69, 9.17) is 9.52 Å². The minimum atomic E-state index is -1.03. The van der Waals surface area contributed by atoms with Crippen LogP contribution in [0.5, 0.6) is 0 Å². The average Bonchev–Trinajstić information content (AvgIpc) is 2.86. The van der Waals surface area contributed by atoms with Crippen molar-refractivity contribution >= 4 is 5.97 Å². The second-order valence-electron chi connectivity index (χ2n) is 4.42. The molecule has 2 N–H and O–H groups in total. The molecule has 5 nitrogen and oxygen atoms in total. The molecular weight excluding hydrogens is 208 g/mol. The van der Waals surface area contributed by atoms with Gasteiger partial charge in [0.15, 0.2) is 5.89 Å². The molecular formula is C11H16N2O3. The summed E-state index contributed by atoms with van der Waals surface area (Å²) in [7, 11) is 0. The summed E-state index contributed by atoms with van der Waals surface area (Å²) in [4.78, 5) is 15.4. The minimum absolute atomic E-state index is 0.0115. The molecule has 1 aliphatic heterocycles. The van der Waals surface area contributed by atoms with Crippen molar-refractivity contribution in [3.63, 3.8) is 0 Å². The van der Waals surface area contributed by atoms with Crippen molar-refractivity contribution in [2.24, 2.45) is 0 Å². The molecule has 88 valence electrons. The van der Waals surface area contributed by atoms with E-state index in [2.05, 4.69) is 10.3 Å². The normalized spacial score (nSPS) is 20.6. The van der Waals surface area contributed by atoms with Gasteiger partial charge in [-0.15, -0.1) is 0 Å². The minimum Gasteiger partial charge on any atom is -0.475 e. The fraction of sp³-hybridized carbons (Fsp3) is 0.636. The number of carboxylic acids is 1. The van der Waals surface area contributed by atoms with Gasteiger partial charge in [0.05, 0.1) is 5.69 Å². The van der Waals surface area contributed by atoms with E-state index in [1.807, 2.05) is 13.8 Å². The summed E-state index contributed by atoms with van der Waals surface area (Å²) in [5.74, 6) is -0.221. The first-order valence-corrected chi connectivity index (χ1v) is 5.54. The van der Waals surface area contributed by atoms with E-state index in [1.165, 1.54) is 0 Å². The number of carbonyl (C=O) groups is 1. The van der Waals surface area contributed by atoms with Crippen LogP contribution in [0, 0.1) is 0 Å². The van der Waals surface area contributed by atoms with Gasteiger partial charge in [-0.2, -0.15) is 0 Å². The molecule has 1 aromatic rings. The predicted octanol–water partition coefficient (Wildman–Crippen LogP) is 1.57. The first-order valence-electron chi connectivity index (χ1n) is 5.54. The van der Waals surface area contributed by atoms with Gasteiger partial charge in [-0.3, -0.25) is 0 Å². The van der Waals surface area contributed by atoms with E-state index < -0.39 is 5.97 Å². The topological polar surface area (TPSA) is 75.4 Å². The summed E-state index contributed by atoms with van der Waals surface area (Å²) in [5, 5.41) is 12.3.